The molecule has 0 radical (unpaired) electrons. The smallest absolute Gasteiger partial charge is 0.307 e. The van der Waals surface area contributed by atoms with Crippen molar-refractivity contribution in [2.75, 3.05) is 0 Å². The average Bonchev–Trinajstić information content (AvgIpc) is 2.84. The Morgan fingerprint density at radius 3 is 2.56 bits per heavy atom. The van der Waals surface area contributed by atoms with E-state index in [1.165, 1.54) is 19.3 Å². The maximum absolute atomic E-state index is 11.0. The van der Waals surface area contributed by atoms with Gasteiger partial charge in [0.05, 0.1) is 5.92 Å². The normalized spacial score (nSPS) is 32.2. The van der Waals surface area contributed by atoms with E-state index in [4.69, 9.17) is 5.11 Å². The highest BCUT2D eigenvalue weighted by Crippen LogP contribution is 2.49. The minimum atomic E-state index is -0.592. The average molecular weight is 222 g/mol. The standard InChI is InChI=1S/C14H22O2/c1-3-9(4-2)5-10-6-12-7-11(10)8-13(12)14(15)16/h6,9,11-13H,3-5,7-8H2,1-2H3,(H,15,16). The largest absolute Gasteiger partial charge is 0.481 e. The number of carboxylic acid groups (broad SMARTS) is 1. The number of aliphatic carboxylic acids is 1. The van der Waals surface area contributed by atoms with Crippen LogP contribution in [0, 0.1) is 23.7 Å². The van der Waals surface area contributed by atoms with Crippen LogP contribution in [0.1, 0.15) is 46.0 Å². The Morgan fingerprint density at radius 1 is 1.44 bits per heavy atom. The van der Waals surface area contributed by atoms with Gasteiger partial charge in [0, 0.05) is 0 Å². The van der Waals surface area contributed by atoms with Crippen LogP contribution in [0.15, 0.2) is 11.6 Å². The molecule has 3 unspecified atom stereocenters. The summed E-state index contributed by atoms with van der Waals surface area (Å²) in [6.07, 6.45) is 7.98. The molecule has 2 bridgehead atoms. The van der Waals surface area contributed by atoms with Gasteiger partial charge in [0.1, 0.15) is 0 Å². The van der Waals surface area contributed by atoms with E-state index >= 15 is 0 Å². The summed E-state index contributed by atoms with van der Waals surface area (Å²) in [5.41, 5.74) is 1.57. The molecule has 0 amide bonds. The number of rotatable bonds is 5. The molecule has 90 valence electrons. The summed E-state index contributed by atoms with van der Waals surface area (Å²) in [6, 6.07) is 0. The Hall–Kier alpha value is -0.790. The molecule has 0 aromatic carbocycles. The summed E-state index contributed by atoms with van der Waals surface area (Å²) in [7, 11) is 0. The first kappa shape index (κ1) is 11.7. The summed E-state index contributed by atoms with van der Waals surface area (Å²) < 4.78 is 0. The maximum atomic E-state index is 11.0. The van der Waals surface area contributed by atoms with Gasteiger partial charge >= 0.3 is 5.97 Å². The third-order valence-corrected chi connectivity index (χ3v) is 4.56. The van der Waals surface area contributed by atoms with Gasteiger partial charge in [-0.25, -0.2) is 0 Å². The van der Waals surface area contributed by atoms with Crippen molar-refractivity contribution in [1.29, 1.82) is 0 Å². The molecule has 0 aliphatic heterocycles. The van der Waals surface area contributed by atoms with Crippen LogP contribution in [0.5, 0.6) is 0 Å². The number of fused-ring (bicyclic) bond motifs is 2. The molecule has 16 heavy (non-hydrogen) atoms. The van der Waals surface area contributed by atoms with E-state index in [-0.39, 0.29) is 5.92 Å². The van der Waals surface area contributed by atoms with Crippen molar-refractivity contribution in [2.45, 2.75) is 46.0 Å². The lowest BCUT2D eigenvalue weighted by molar-refractivity contribution is -0.142. The summed E-state index contributed by atoms with van der Waals surface area (Å²) >= 11 is 0. The molecule has 1 saturated carbocycles. The lowest BCUT2D eigenvalue weighted by atomic mass is 9.84. The predicted molar refractivity (Wildman–Crippen MR) is 64.1 cm³/mol. The highest BCUT2D eigenvalue weighted by atomic mass is 16.4. The molecule has 2 nitrogen and oxygen atoms in total. The molecule has 0 aromatic heterocycles. The van der Waals surface area contributed by atoms with Gasteiger partial charge in [0.15, 0.2) is 0 Å². The van der Waals surface area contributed by atoms with Crippen LogP contribution in [-0.4, -0.2) is 11.1 Å². The van der Waals surface area contributed by atoms with Gasteiger partial charge in [-0.15, -0.1) is 0 Å². The van der Waals surface area contributed by atoms with Gasteiger partial charge in [-0.05, 0) is 37.0 Å². The minimum Gasteiger partial charge on any atom is -0.481 e. The summed E-state index contributed by atoms with van der Waals surface area (Å²) in [4.78, 5) is 11.0. The van der Waals surface area contributed by atoms with Gasteiger partial charge < -0.3 is 5.11 Å². The Morgan fingerprint density at radius 2 is 2.12 bits per heavy atom. The zero-order valence-corrected chi connectivity index (χ0v) is 10.3. The van der Waals surface area contributed by atoms with Crippen LogP contribution in [0.3, 0.4) is 0 Å². The van der Waals surface area contributed by atoms with Crippen LogP contribution in [0.4, 0.5) is 0 Å². The minimum absolute atomic E-state index is 0.0875. The molecule has 2 aliphatic rings. The van der Waals surface area contributed by atoms with Crippen LogP contribution in [-0.2, 0) is 4.79 Å². The maximum Gasteiger partial charge on any atom is 0.307 e. The summed E-state index contributed by atoms with van der Waals surface area (Å²) in [5, 5.41) is 9.07. The van der Waals surface area contributed by atoms with E-state index < -0.39 is 5.97 Å². The van der Waals surface area contributed by atoms with Crippen LogP contribution in [0.25, 0.3) is 0 Å². The van der Waals surface area contributed by atoms with Crippen LogP contribution < -0.4 is 0 Å². The van der Waals surface area contributed by atoms with E-state index in [1.807, 2.05) is 0 Å². The highest BCUT2D eigenvalue weighted by Gasteiger charge is 2.43. The first-order chi connectivity index (χ1) is 7.65. The third kappa shape index (κ3) is 2.02. The van der Waals surface area contributed by atoms with Crippen LogP contribution >= 0.6 is 0 Å². The number of carbonyl (C=O) groups is 1. The quantitative estimate of drug-likeness (QED) is 0.723. The second kappa shape index (κ2) is 4.60. The van der Waals surface area contributed by atoms with Crippen molar-refractivity contribution in [3.63, 3.8) is 0 Å². The summed E-state index contributed by atoms with van der Waals surface area (Å²) in [6.45, 7) is 4.50. The Bertz CT molecular complexity index is 302. The lowest BCUT2D eigenvalue weighted by Crippen LogP contribution is -2.19. The van der Waals surface area contributed by atoms with E-state index in [0.29, 0.717) is 11.8 Å². The Kier molecular flexibility index (Phi) is 3.36. The zero-order chi connectivity index (χ0) is 11.7. The number of allylic oxidation sites excluding steroid dienone is 2. The van der Waals surface area contributed by atoms with Crippen molar-refractivity contribution in [2.24, 2.45) is 23.7 Å². The van der Waals surface area contributed by atoms with E-state index in [2.05, 4.69) is 19.9 Å². The summed E-state index contributed by atoms with van der Waals surface area (Å²) in [5.74, 6) is 1.05. The molecule has 3 atom stereocenters. The van der Waals surface area contributed by atoms with E-state index in [1.54, 1.807) is 5.57 Å². The molecular formula is C14H22O2. The third-order valence-electron chi connectivity index (χ3n) is 4.56. The van der Waals surface area contributed by atoms with Crippen molar-refractivity contribution in [1.82, 2.24) is 0 Å². The molecule has 0 heterocycles. The topological polar surface area (TPSA) is 37.3 Å². The predicted octanol–water partition coefficient (Wildman–Crippen LogP) is 3.48. The number of hydrogen-bond acceptors (Lipinski definition) is 1. The van der Waals surface area contributed by atoms with E-state index in [0.717, 1.165) is 18.8 Å². The van der Waals surface area contributed by atoms with E-state index in [9.17, 15) is 4.79 Å². The molecule has 0 aromatic rings. The fourth-order valence-electron chi connectivity index (χ4n) is 3.40. The van der Waals surface area contributed by atoms with Gasteiger partial charge in [-0.2, -0.15) is 0 Å². The molecule has 0 spiro atoms. The van der Waals surface area contributed by atoms with Gasteiger partial charge in [-0.1, -0.05) is 38.3 Å². The highest BCUT2D eigenvalue weighted by molar-refractivity contribution is 5.71. The molecular weight excluding hydrogens is 200 g/mol. The van der Waals surface area contributed by atoms with Gasteiger partial charge in [0.25, 0.3) is 0 Å². The molecule has 2 aliphatic carbocycles. The first-order valence-electron chi connectivity index (χ1n) is 6.59. The van der Waals surface area contributed by atoms with Crippen molar-refractivity contribution in [3.8, 4) is 0 Å². The molecule has 0 saturated heterocycles. The number of hydrogen-bond donors (Lipinski definition) is 1. The zero-order valence-electron chi connectivity index (χ0n) is 10.3. The number of carboxylic acids is 1. The van der Waals surface area contributed by atoms with Gasteiger partial charge in [-0.3, -0.25) is 4.79 Å². The molecule has 2 heteroatoms. The van der Waals surface area contributed by atoms with Crippen molar-refractivity contribution in [3.05, 3.63) is 11.6 Å². The Balaban J connectivity index is 1.98. The Labute approximate surface area is 97.7 Å². The first-order valence-corrected chi connectivity index (χ1v) is 6.59. The lowest BCUT2D eigenvalue weighted by Gasteiger charge is -2.21. The monoisotopic (exact) mass is 222 g/mol. The van der Waals surface area contributed by atoms with Gasteiger partial charge in [0.2, 0.25) is 0 Å². The fourth-order valence-corrected chi connectivity index (χ4v) is 3.40. The SMILES string of the molecule is CCC(CC)CC1=CC2CC1CC2C(=O)O. The second-order valence-corrected chi connectivity index (χ2v) is 5.41. The van der Waals surface area contributed by atoms with Crippen LogP contribution in [0.2, 0.25) is 0 Å². The molecule has 2 rings (SSSR count). The second-order valence-electron chi connectivity index (χ2n) is 5.41. The molecule has 1 fully saturated rings. The molecule has 1 N–H and O–H groups in total. The fraction of sp³-hybridized carbons (Fsp3) is 0.786. The van der Waals surface area contributed by atoms with Crippen molar-refractivity contribution < 1.29 is 9.90 Å². The van der Waals surface area contributed by atoms with Crippen molar-refractivity contribution >= 4 is 5.97 Å².